The van der Waals surface area contributed by atoms with Gasteiger partial charge in [-0.05, 0) is 33.4 Å². The quantitative estimate of drug-likeness (QED) is 0.840. The van der Waals surface area contributed by atoms with Crippen LogP contribution in [0.15, 0.2) is 5.51 Å². The Balaban J connectivity index is 1.92. The highest BCUT2D eigenvalue weighted by Crippen LogP contribution is 2.22. The van der Waals surface area contributed by atoms with Crippen molar-refractivity contribution in [2.75, 3.05) is 32.1 Å². The van der Waals surface area contributed by atoms with Crippen molar-refractivity contribution < 1.29 is 9.53 Å². The number of thiazole rings is 1. The van der Waals surface area contributed by atoms with Gasteiger partial charge in [0.1, 0.15) is 5.00 Å². The molecule has 0 amide bonds. The standard InChI is InChI=1S/C13H21N3O2S/c1-3-18-13(17)11-12(19-9-15-11)14-8-10-6-4-5-7-16(10)2/h9-10,14H,3-8H2,1-2H3. The number of likely N-dealkylation sites (N-methyl/N-ethyl adjacent to an activating group) is 1. The Labute approximate surface area is 118 Å². The molecule has 1 aliphatic rings. The number of esters is 1. The number of aromatic nitrogens is 1. The van der Waals surface area contributed by atoms with Crippen LogP contribution in [0.4, 0.5) is 5.00 Å². The fourth-order valence-electron chi connectivity index (χ4n) is 2.33. The number of ether oxygens (including phenoxy) is 1. The molecule has 1 unspecified atom stereocenters. The summed E-state index contributed by atoms with van der Waals surface area (Å²) in [7, 11) is 2.16. The maximum atomic E-state index is 11.7. The molecular formula is C13H21N3O2S. The molecule has 2 heterocycles. The van der Waals surface area contributed by atoms with Gasteiger partial charge in [0.2, 0.25) is 0 Å². The van der Waals surface area contributed by atoms with Gasteiger partial charge in [0.25, 0.3) is 0 Å². The number of likely N-dealkylation sites (tertiary alicyclic amines) is 1. The van der Waals surface area contributed by atoms with Gasteiger partial charge in [-0.3, -0.25) is 0 Å². The van der Waals surface area contributed by atoms with E-state index in [1.165, 1.54) is 30.6 Å². The molecule has 0 saturated carbocycles. The van der Waals surface area contributed by atoms with Crippen LogP contribution in [0.2, 0.25) is 0 Å². The van der Waals surface area contributed by atoms with E-state index in [0.717, 1.165) is 18.1 Å². The zero-order valence-electron chi connectivity index (χ0n) is 11.5. The number of nitrogens with zero attached hydrogens (tertiary/aromatic N) is 2. The maximum Gasteiger partial charge on any atom is 0.360 e. The number of carbonyl (C=O) groups excluding carboxylic acids is 1. The molecule has 0 radical (unpaired) electrons. The highest BCUT2D eigenvalue weighted by molar-refractivity contribution is 7.14. The van der Waals surface area contributed by atoms with Gasteiger partial charge < -0.3 is 15.0 Å². The number of hydrogen-bond acceptors (Lipinski definition) is 6. The molecule has 1 aliphatic heterocycles. The predicted octanol–water partition coefficient (Wildman–Crippen LogP) is 2.22. The molecule has 1 fully saturated rings. The SMILES string of the molecule is CCOC(=O)c1ncsc1NCC1CCCCN1C. The van der Waals surface area contributed by atoms with E-state index in [1.54, 1.807) is 12.4 Å². The van der Waals surface area contributed by atoms with Crippen molar-refractivity contribution in [1.82, 2.24) is 9.88 Å². The first-order chi connectivity index (χ1) is 9.22. The van der Waals surface area contributed by atoms with Gasteiger partial charge in [0.15, 0.2) is 5.69 Å². The summed E-state index contributed by atoms with van der Waals surface area (Å²) in [6, 6.07) is 0.533. The fourth-order valence-corrected chi connectivity index (χ4v) is 3.01. The van der Waals surface area contributed by atoms with Crippen molar-refractivity contribution in [3.8, 4) is 0 Å². The van der Waals surface area contributed by atoms with Crippen LogP contribution in [-0.4, -0.2) is 48.6 Å². The lowest BCUT2D eigenvalue weighted by molar-refractivity contribution is 0.0521. The van der Waals surface area contributed by atoms with E-state index in [9.17, 15) is 4.79 Å². The minimum absolute atomic E-state index is 0.344. The average Bonchev–Trinajstić information content (AvgIpc) is 2.86. The van der Waals surface area contributed by atoms with Gasteiger partial charge in [0, 0.05) is 12.6 Å². The van der Waals surface area contributed by atoms with E-state index in [1.807, 2.05) is 0 Å². The van der Waals surface area contributed by atoms with Gasteiger partial charge >= 0.3 is 5.97 Å². The van der Waals surface area contributed by atoms with E-state index in [4.69, 9.17) is 4.74 Å². The summed E-state index contributed by atoms with van der Waals surface area (Å²) < 4.78 is 4.99. The largest absolute Gasteiger partial charge is 0.461 e. The summed E-state index contributed by atoms with van der Waals surface area (Å²) in [5.41, 5.74) is 2.09. The Morgan fingerprint density at radius 3 is 3.21 bits per heavy atom. The molecule has 1 saturated heterocycles. The number of anilines is 1. The minimum Gasteiger partial charge on any atom is -0.461 e. The van der Waals surface area contributed by atoms with Gasteiger partial charge in [-0.2, -0.15) is 0 Å². The van der Waals surface area contributed by atoms with Crippen molar-refractivity contribution in [3.05, 3.63) is 11.2 Å². The average molecular weight is 283 g/mol. The monoisotopic (exact) mass is 283 g/mol. The van der Waals surface area contributed by atoms with Crippen molar-refractivity contribution >= 4 is 22.3 Å². The molecule has 6 heteroatoms. The third-order valence-electron chi connectivity index (χ3n) is 3.46. The Bertz CT molecular complexity index is 422. The summed E-state index contributed by atoms with van der Waals surface area (Å²) in [5.74, 6) is -0.344. The molecule has 1 atom stereocenters. The van der Waals surface area contributed by atoms with Crippen LogP contribution >= 0.6 is 11.3 Å². The summed E-state index contributed by atoms with van der Waals surface area (Å²) in [6.45, 7) is 4.18. The van der Waals surface area contributed by atoms with Gasteiger partial charge in [-0.1, -0.05) is 6.42 Å². The minimum atomic E-state index is -0.344. The zero-order valence-corrected chi connectivity index (χ0v) is 12.3. The highest BCUT2D eigenvalue weighted by Gasteiger charge is 2.21. The lowest BCUT2D eigenvalue weighted by Gasteiger charge is -2.32. The van der Waals surface area contributed by atoms with Crippen LogP contribution in [-0.2, 0) is 4.74 Å². The number of piperidine rings is 1. The molecule has 0 aliphatic carbocycles. The Kier molecular flexibility index (Phi) is 5.15. The topological polar surface area (TPSA) is 54.5 Å². The Morgan fingerprint density at radius 1 is 1.63 bits per heavy atom. The molecule has 106 valence electrons. The molecule has 0 aromatic carbocycles. The first-order valence-electron chi connectivity index (χ1n) is 6.77. The molecule has 5 nitrogen and oxygen atoms in total. The molecule has 2 rings (SSSR count). The molecule has 1 N–H and O–H groups in total. The fraction of sp³-hybridized carbons (Fsp3) is 0.692. The third-order valence-corrected chi connectivity index (χ3v) is 4.24. The second kappa shape index (κ2) is 6.86. The van der Waals surface area contributed by atoms with Crippen molar-refractivity contribution in [3.63, 3.8) is 0 Å². The van der Waals surface area contributed by atoms with Crippen LogP contribution in [0.1, 0.15) is 36.7 Å². The van der Waals surface area contributed by atoms with Crippen LogP contribution in [0.5, 0.6) is 0 Å². The van der Waals surface area contributed by atoms with Crippen molar-refractivity contribution in [2.24, 2.45) is 0 Å². The third kappa shape index (κ3) is 3.67. The number of nitrogens with one attached hydrogen (secondary N) is 1. The Hall–Kier alpha value is -1.14. The number of carbonyl (C=O) groups is 1. The van der Waals surface area contributed by atoms with Crippen LogP contribution in [0.25, 0.3) is 0 Å². The number of hydrogen-bond donors (Lipinski definition) is 1. The second-order valence-corrected chi connectivity index (χ2v) is 5.62. The summed E-state index contributed by atoms with van der Waals surface area (Å²) in [6.07, 6.45) is 3.77. The van der Waals surface area contributed by atoms with Crippen LogP contribution in [0, 0.1) is 0 Å². The molecule has 1 aromatic rings. The first kappa shape index (κ1) is 14.3. The highest BCUT2D eigenvalue weighted by atomic mass is 32.1. The van der Waals surface area contributed by atoms with Gasteiger partial charge in [0.05, 0.1) is 12.1 Å². The van der Waals surface area contributed by atoms with Crippen molar-refractivity contribution in [2.45, 2.75) is 32.2 Å². The molecule has 0 bridgehead atoms. The van der Waals surface area contributed by atoms with Crippen LogP contribution < -0.4 is 5.32 Å². The zero-order chi connectivity index (χ0) is 13.7. The normalized spacial score (nSPS) is 20.2. The van der Waals surface area contributed by atoms with E-state index in [2.05, 4.69) is 22.2 Å². The number of rotatable bonds is 5. The van der Waals surface area contributed by atoms with E-state index in [-0.39, 0.29) is 5.97 Å². The predicted molar refractivity (Wildman–Crippen MR) is 76.8 cm³/mol. The molecule has 19 heavy (non-hydrogen) atoms. The molecule has 1 aromatic heterocycles. The summed E-state index contributed by atoms with van der Waals surface area (Å²) in [5, 5.41) is 4.16. The van der Waals surface area contributed by atoms with E-state index < -0.39 is 0 Å². The van der Waals surface area contributed by atoms with Gasteiger partial charge in [-0.25, -0.2) is 9.78 Å². The first-order valence-corrected chi connectivity index (χ1v) is 7.65. The lowest BCUT2D eigenvalue weighted by atomic mass is 10.0. The molecule has 0 spiro atoms. The van der Waals surface area contributed by atoms with Crippen molar-refractivity contribution in [1.29, 1.82) is 0 Å². The summed E-state index contributed by atoms with van der Waals surface area (Å²) in [4.78, 5) is 18.2. The van der Waals surface area contributed by atoms with Gasteiger partial charge in [-0.15, -0.1) is 11.3 Å². The smallest absolute Gasteiger partial charge is 0.360 e. The van der Waals surface area contributed by atoms with Crippen LogP contribution in [0.3, 0.4) is 0 Å². The van der Waals surface area contributed by atoms with E-state index in [0.29, 0.717) is 18.3 Å². The summed E-state index contributed by atoms with van der Waals surface area (Å²) >= 11 is 1.45. The second-order valence-electron chi connectivity index (χ2n) is 4.76. The molecular weight excluding hydrogens is 262 g/mol. The Morgan fingerprint density at radius 2 is 2.47 bits per heavy atom. The lowest BCUT2D eigenvalue weighted by Crippen LogP contribution is -2.40. The van der Waals surface area contributed by atoms with E-state index >= 15 is 0 Å². The maximum absolute atomic E-state index is 11.7.